The Kier molecular flexibility index (Phi) is 5.56. The first-order valence-electron chi connectivity index (χ1n) is 9.46. The molecule has 154 valence electrons. The van der Waals surface area contributed by atoms with E-state index >= 15 is 0 Å². The van der Waals surface area contributed by atoms with E-state index in [0.29, 0.717) is 23.5 Å². The molecule has 1 atom stereocenters. The molecule has 0 saturated heterocycles. The summed E-state index contributed by atoms with van der Waals surface area (Å²) in [5.41, 5.74) is 1.24. The van der Waals surface area contributed by atoms with Crippen molar-refractivity contribution in [2.45, 2.75) is 12.8 Å². The van der Waals surface area contributed by atoms with Gasteiger partial charge in [-0.2, -0.15) is 10.3 Å². The monoisotopic (exact) mass is 433 g/mol. The van der Waals surface area contributed by atoms with Crippen LogP contribution in [-0.4, -0.2) is 17.9 Å². The number of benzene rings is 3. The maximum Gasteiger partial charge on any atom is 0.288 e. The van der Waals surface area contributed by atoms with E-state index in [2.05, 4.69) is 11.1 Å². The standard InChI is InChI=1S/C23H16ClN3O4/c1-2-30-13-26-23-18(12-25)21(15-8-10-19(24)20(11-15)27(28)29)17-9-7-14-5-3-4-6-16(14)22(17)31-23/h3-11,13,21H,2H2,1H3/b26-13+. The van der Waals surface area contributed by atoms with Crippen molar-refractivity contribution in [1.82, 2.24) is 0 Å². The van der Waals surface area contributed by atoms with Crippen LogP contribution >= 0.6 is 11.6 Å². The molecule has 0 radical (unpaired) electrons. The topological polar surface area (TPSA) is 97.8 Å². The molecule has 31 heavy (non-hydrogen) atoms. The Labute approximate surface area is 183 Å². The Hall–Kier alpha value is -3.89. The average Bonchev–Trinajstić information content (AvgIpc) is 2.78. The second-order valence-electron chi connectivity index (χ2n) is 6.73. The predicted molar refractivity (Wildman–Crippen MR) is 117 cm³/mol. The number of nitro benzene ring substituents is 1. The number of nitrogens with zero attached hydrogens (tertiary/aromatic N) is 3. The highest BCUT2D eigenvalue weighted by Crippen LogP contribution is 2.47. The lowest BCUT2D eigenvalue weighted by Crippen LogP contribution is -2.16. The van der Waals surface area contributed by atoms with E-state index in [1.54, 1.807) is 6.07 Å². The van der Waals surface area contributed by atoms with Crippen LogP contribution in [0.25, 0.3) is 10.8 Å². The van der Waals surface area contributed by atoms with Crippen molar-refractivity contribution >= 4 is 34.5 Å². The van der Waals surface area contributed by atoms with E-state index in [-0.39, 0.29) is 22.2 Å². The van der Waals surface area contributed by atoms with Crippen molar-refractivity contribution in [3.05, 3.63) is 92.3 Å². The molecule has 0 saturated carbocycles. The van der Waals surface area contributed by atoms with Crippen LogP contribution in [0.1, 0.15) is 24.0 Å². The summed E-state index contributed by atoms with van der Waals surface area (Å²) in [7, 11) is 0. The quantitative estimate of drug-likeness (QED) is 0.221. The van der Waals surface area contributed by atoms with Crippen molar-refractivity contribution in [3.8, 4) is 11.8 Å². The fourth-order valence-electron chi connectivity index (χ4n) is 3.60. The number of rotatable bonds is 5. The Balaban J connectivity index is 1.99. The maximum atomic E-state index is 11.4. The van der Waals surface area contributed by atoms with Crippen LogP contribution in [0.5, 0.6) is 5.75 Å². The zero-order valence-corrected chi connectivity index (χ0v) is 17.2. The minimum absolute atomic E-state index is 0.0246. The first-order chi connectivity index (χ1) is 15.0. The molecule has 1 heterocycles. The largest absolute Gasteiger partial charge is 0.483 e. The lowest BCUT2D eigenvalue weighted by molar-refractivity contribution is -0.384. The third-order valence-electron chi connectivity index (χ3n) is 4.97. The predicted octanol–water partition coefficient (Wildman–Crippen LogP) is 5.73. The minimum Gasteiger partial charge on any atom is -0.483 e. The van der Waals surface area contributed by atoms with Crippen LogP contribution < -0.4 is 4.74 Å². The summed E-state index contributed by atoms with van der Waals surface area (Å²) < 4.78 is 11.3. The van der Waals surface area contributed by atoms with E-state index in [1.165, 1.54) is 18.5 Å². The van der Waals surface area contributed by atoms with E-state index in [1.807, 2.05) is 43.3 Å². The number of nitro groups is 1. The average molecular weight is 434 g/mol. The van der Waals surface area contributed by atoms with Crippen LogP contribution in [0.4, 0.5) is 5.69 Å². The first kappa shape index (κ1) is 20.4. The van der Waals surface area contributed by atoms with Crippen LogP contribution in [0.15, 0.2) is 71.0 Å². The van der Waals surface area contributed by atoms with Gasteiger partial charge in [0.05, 0.1) is 17.4 Å². The fraction of sp³-hybridized carbons (Fsp3) is 0.130. The van der Waals surface area contributed by atoms with Gasteiger partial charge in [-0.1, -0.05) is 54.1 Å². The smallest absolute Gasteiger partial charge is 0.288 e. The SMILES string of the molecule is CCO/C=N/C1=C(C#N)C(c2ccc(Cl)c([N+](=O)[O-])c2)c2ccc3ccccc3c2O1. The highest BCUT2D eigenvalue weighted by atomic mass is 35.5. The number of hydrogen-bond acceptors (Lipinski definition) is 6. The molecule has 0 N–H and O–H groups in total. The highest BCUT2D eigenvalue weighted by molar-refractivity contribution is 6.32. The van der Waals surface area contributed by atoms with Gasteiger partial charge in [0.2, 0.25) is 5.88 Å². The molecule has 1 aliphatic heterocycles. The van der Waals surface area contributed by atoms with Gasteiger partial charge in [-0.05, 0) is 23.9 Å². The molecule has 0 amide bonds. The summed E-state index contributed by atoms with van der Waals surface area (Å²) in [5, 5.41) is 23.2. The molecular formula is C23H16ClN3O4. The Morgan fingerprint density at radius 3 is 2.84 bits per heavy atom. The molecule has 3 aromatic rings. The van der Waals surface area contributed by atoms with E-state index < -0.39 is 10.8 Å². The Bertz CT molecular complexity index is 1290. The summed E-state index contributed by atoms with van der Waals surface area (Å²) >= 11 is 6.01. The molecule has 0 fully saturated rings. The summed E-state index contributed by atoms with van der Waals surface area (Å²) in [6.07, 6.45) is 1.23. The van der Waals surface area contributed by atoms with Crippen LogP contribution in [0.3, 0.4) is 0 Å². The van der Waals surface area contributed by atoms with Gasteiger partial charge in [0.1, 0.15) is 22.4 Å². The van der Waals surface area contributed by atoms with Crippen molar-refractivity contribution in [2.75, 3.05) is 6.61 Å². The maximum absolute atomic E-state index is 11.4. The number of aliphatic imine (C=N–C) groups is 1. The van der Waals surface area contributed by atoms with E-state index in [9.17, 15) is 15.4 Å². The van der Waals surface area contributed by atoms with Gasteiger partial charge in [-0.15, -0.1) is 0 Å². The van der Waals surface area contributed by atoms with Crippen molar-refractivity contribution in [2.24, 2.45) is 4.99 Å². The Morgan fingerprint density at radius 1 is 1.29 bits per heavy atom. The van der Waals surface area contributed by atoms with Gasteiger partial charge >= 0.3 is 0 Å². The molecule has 1 aliphatic rings. The molecule has 8 heteroatoms. The molecule has 4 rings (SSSR count). The van der Waals surface area contributed by atoms with Crippen molar-refractivity contribution < 1.29 is 14.4 Å². The van der Waals surface area contributed by atoms with E-state index in [4.69, 9.17) is 21.1 Å². The lowest BCUT2D eigenvalue weighted by atomic mass is 9.82. The molecule has 1 unspecified atom stereocenters. The summed E-state index contributed by atoms with van der Waals surface area (Å²) in [6, 6.07) is 18.2. The molecule has 0 aliphatic carbocycles. The minimum atomic E-state index is -0.622. The zero-order valence-electron chi connectivity index (χ0n) is 16.4. The van der Waals surface area contributed by atoms with Crippen LogP contribution in [0.2, 0.25) is 5.02 Å². The summed E-state index contributed by atoms with van der Waals surface area (Å²) in [5.74, 6) is 0.00820. The van der Waals surface area contributed by atoms with Crippen LogP contribution in [-0.2, 0) is 4.74 Å². The van der Waals surface area contributed by atoms with Gasteiger partial charge in [0.25, 0.3) is 5.69 Å². The number of hydrogen-bond donors (Lipinski definition) is 0. The third kappa shape index (κ3) is 3.69. The van der Waals surface area contributed by atoms with Gasteiger partial charge < -0.3 is 9.47 Å². The van der Waals surface area contributed by atoms with Gasteiger partial charge in [0.15, 0.2) is 6.40 Å². The molecule has 7 nitrogen and oxygen atoms in total. The number of fused-ring (bicyclic) bond motifs is 3. The van der Waals surface area contributed by atoms with E-state index in [0.717, 1.165) is 10.8 Å². The summed E-state index contributed by atoms with van der Waals surface area (Å²) in [6.45, 7) is 2.22. The molecule has 0 aromatic heterocycles. The first-order valence-corrected chi connectivity index (χ1v) is 9.84. The zero-order chi connectivity index (χ0) is 22.0. The van der Waals surface area contributed by atoms with Crippen LogP contribution in [0, 0.1) is 21.4 Å². The van der Waals surface area contributed by atoms with Gasteiger partial charge in [-0.25, -0.2) is 0 Å². The number of ether oxygens (including phenoxy) is 2. The number of nitriles is 1. The molecule has 3 aromatic carbocycles. The lowest BCUT2D eigenvalue weighted by Gasteiger charge is -2.27. The van der Waals surface area contributed by atoms with Gasteiger partial charge in [-0.3, -0.25) is 10.1 Å². The molecule has 0 bridgehead atoms. The van der Waals surface area contributed by atoms with Crippen molar-refractivity contribution in [3.63, 3.8) is 0 Å². The molecular weight excluding hydrogens is 418 g/mol. The second kappa shape index (κ2) is 8.46. The second-order valence-corrected chi connectivity index (χ2v) is 7.14. The summed E-state index contributed by atoms with van der Waals surface area (Å²) in [4.78, 5) is 15.1. The number of halogens is 1. The van der Waals surface area contributed by atoms with Crippen molar-refractivity contribution in [1.29, 1.82) is 5.26 Å². The fourth-order valence-corrected chi connectivity index (χ4v) is 3.78. The highest BCUT2D eigenvalue weighted by Gasteiger charge is 2.33. The normalized spacial score (nSPS) is 15.5. The molecule has 0 spiro atoms. The number of allylic oxidation sites excluding steroid dienone is 1. The third-order valence-corrected chi connectivity index (χ3v) is 5.29. The Morgan fingerprint density at radius 2 is 2.10 bits per heavy atom. The van der Waals surface area contributed by atoms with Gasteiger partial charge in [0, 0.05) is 17.0 Å².